The summed E-state index contributed by atoms with van der Waals surface area (Å²) >= 11 is 2.49. The highest BCUT2D eigenvalue weighted by Gasteiger charge is 2.21. The maximum absolute atomic E-state index is 6.29. The third-order valence-corrected chi connectivity index (χ3v) is 8.18. The molecule has 0 aliphatic heterocycles. The van der Waals surface area contributed by atoms with Gasteiger partial charge >= 0.3 is 0 Å². The van der Waals surface area contributed by atoms with Gasteiger partial charge in [-0.1, -0.05) is 70.9 Å². The molecule has 1 aliphatic rings. The molecule has 1 atom stereocenters. The van der Waals surface area contributed by atoms with Gasteiger partial charge in [0, 0.05) is 0 Å². The topological polar surface area (TPSA) is 9.23 Å². The van der Waals surface area contributed by atoms with Gasteiger partial charge < -0.3 is 4.74 Å². The number of benzene rings is 1. The lowest BCUT2D eigenvalue weighted by molar-refractivity contribution is 0.307. The summed E-state index contributed by atoms with van der Waals surface area (Å²) in [5, 5.41) is 0. The van der Waals surface area contributed by atoms with E-state index in [0.717, 1.165) is 25.5 Å². The molecule has 1 aromatic carbocycles. The Labute approximate surface area is 183 Å². The van der Waals surface area contributed by atoms with Crippen LogP contribution < -0.4 is 4.74 Å². The predicted molar refractivity (Wildman–Crippen MR) is 129 cm³/mol. The second-order valence-corrected chi connectivity index (χ2v) is 11.3. The standard InChI is InChI=1S/C24H39IOSi/c1-3-5-7-12-20(11-4-2)22-15-16-24(26-17-10-18-27-25)23(19-22)21-13-8-6-9-14-21/h15-16,19-21H,3-14,17-18H2,1-2H3. The first-order valence-electron chi connectivity index (χ1n) is 11.4. The highest BCUT2D eigenvalue weighted by Crippen LogP contribution is 2.40. The molecule has 1 fully saturated rings. The van der Waals surface area contributed by atoms with Crippen molar-refractivity contribution in [1.29, 1.82) is 0 Å². The van der Waals surface area contributed by atoms with Crippen LogP contribution in [-0.2, 0) is 0 Å². The van der Waals surface area contributed by atoms with Crippen LogP contribution in [-0.4, -0.2) is 13.6 Å². The Morgan fingerprint density at radius 3 is 2.56 bits per heavy atom. The first kappa shape index (κ1) is 23.2. The highest BCUT2D eigenvalue weighted by atomic mass is 127. The van der Waals surface area contributed by atoms with Crippen LogP contribution in [0.15, 0.2) is 18.2 Å². The third kappa shape index (κ3) is 8.08. The van der Waals surface area contributed by atoms with Gasteiger partial charge in [0.2, 0.25) is 0 Å². The van der Waals surface area contributed by atoms with Gasteiger partial charge in [-0.3, -0.25) is 0 Å². The van der Waals surface area contributed by atoms with Crippen molar-refractivity contribution < 1.29 is 4.74 Å². The van der Waals surface area contributed by atoms with Crippen molar-refractivity contribution in [3.05, 3.63) is 29.3 Å². The first-order chi connectivity index (χ1) is 13.3. The predicted octanol–water partition coefficient (Wildman–Crippen LogP) is 8.44. The maximum Gasteiger partial charge on any atom is 0.131 e. The Morgan fingerprint density at radius 2 is 1.85 bits per heavy atom. The lowest BCUT2D eigenvalue weighted by Crippen LogP contribution is -2.10. The highest BCUT2D eigenvalue weighted by molar-refractivity contribution is 14.1. The largest absolute Gasteiger partial charge is 0.493 e. The minimum absolute atomic E-state index is 0.720. The van der Waals surface area contributed by atoms with Gasteiger partial charge in [-0.2, -0.15) is 0 Å². The molecule has 3 heteroatoms. The van der Waals surface area contributed by atoms with Gasteiger partial charge in [-0.25, -0.2) is 0 Å². The van der Waals surface area contributed by atoms with Crippen LogP contribution in [0.2, 0.25) is 6.04 Å². The van der Waals surface area contributed by atoms with E-state index in [1.54, 1.807) is 5.56 Å². The van der Waals surface area contributed by atoms with Gasteiger partial charge in [-0.15, -0.1) is 21.8 Å². The van der Waals surface area contributed by atoms with Crippen LogP contribution in [0.1, 0.15) is 114 Å². The summed E-state index contributed by atoms with van der Waals surface area (Å²) in [5.74, 6) is 2.64. The minimum Gasteiger partial charge on any atom is -0.493 e. The molecule has 2 rings (SSSR count). The van der Waals surface area contributed by atoms with Gasteiger partial charge in [0.05, 0.1) is 6.61 Å². The van der Waals surface area contributed by atoms with Crippen molar-refractivity contribution >= 4 is 28.8 Å². The van der Waals surface area contributed by atoms with Crippen LogP contribution in [0.3, 0.4) is 0 Å². The molecule has 0 saturated heterocycles. The van der Waals surface area contributed by atoms with Crippen molar-refractivity contribution in [2.75, 3.05) is 6.61 Å². The Morgan fingerprint density at radius 1 is 1.04 bits per heavy atom. The second-order valence-electron chi connectivity index (χ2n) is 8.20. The quantitative estimate of drug-likeness (QED) is 0.115. The summed E-state index contributed by atoms with van der Waals surface area (Å²) in [6, 6.07) is 8.53. The Balaban J connectivity index is 2.16. The number of halogens is 1. The third-order valence-electron chi connectivity index (χ3n) is 6.02. The van der Waals surface area contributed by atoms with Crippen molar-refractivity contribution in [2.24, 2.45) is 0 Å². The first-order valence-corrected chi connectivity index (χ1v) is 15.7. The summed E-state index contributed by atoms with van der Waals surface area (Å²) in [7, 11) is 1.01. The van der Waals surface area contributed by atoms with E-state index in [2.05, 4.69) is 53.8 Å². The van der Waals surface area contributed by atoms with E-state index >= 15 is 0 Å². The normalized spacial score (nSPS) is 16.4. The summed E-state index contributed by atoms with van der Waals surface area (Å²) < 4.78 is 6.29. The molecule has 0 N–H and O–H groups in total. The lowest BCUT2D eigenvalue weighted by atomic mass is 9.81. The Hall–Kier alpha value is -0.0331. The number of hydrogen-bond acceptors (Lipinski definition) is 1. The zero-order valence-corrected chi connectivity index (χ0v) is 20.7. The summed E-state index contributed by atoms with van der Waals surface area (Å²) in [6.45, 7) is 5.52. The van der Waals surface area contributed by atoms with Crippen LogP contribution in [0.25, 0.3) is 0 Å². The van der Waals surface area contributed by atoms with Gasteiger partial charge in [0.25, 0.3) is 0 Å². The molecule has 0 aromatic heterocycles. The average molecular weight is 499 g/mol. The van der Waals surface area contributed by atoms with Gasteiger partial charge in [0.1, 0.15) is 12.8 Å². The van der Waals surface area contributed by atoms with E-state index in [-0.39, 0.29) is 0 Å². The molecule has 2 radical (unpaired) electrons. The Bertz CT molecular complexity index is 513. The fourth-order valence-electron chi connectivity index (χ4n) is 4.47. The number of hydrogen-bond donors (Lipinski definition) is 0. The van der Waals surface area contributed by atoms with Crippen LogP contribution >= 0.6 is 21.8 Å². The van der Waals surface area contributed by atoms with E-state index in [1.165, 1.54) is 94.4 Å². The molecule has 0 heterocycles. The molecule has 0 spiro atoms. The fraction of sp³-hybridized carbons (Fsp3) is 0.750. The zero-order chi connectivity index (χ0) is 19.3. The molecular formula is C24H39IOSi. The smallest absolute Gasteiger partial charge is 0.131 e. The SMILES string of the molecule is CCCCCC(CCC)c1ccc(OCCC[Si]I)c(C2CCCCC2)c1. The molecule has 27 heavy (non-hydrogen) atoms. The number of unbranched alkanes of at least 4 members (excludes halogenated alkanes) is 2. The maximum atomic E-state index is 6.29. The monoisotopic (exact) mass is 498 g/mol. The van der Waals surface area contributed by atoms with E-state index in [0.29, 0.717) is 0 Å². The molecule has 1 unspecified atom stereocenters. The van der Waals surface area contributed by atoms with E-state index in [4.69, 9.17) is 4.74 Å². The van der Waals surface area contributed by atoms with Crippen molar-refractivity contribution in [1.82, 2.24) is 0 Å². The van der Waals surface area contributed by atoms with Gasteiger partial charge in [0.15, 0.2) is 0 Å². The molecule has 152 valence electrons. The van der Waals surface area contributed by atoms with Crippen LogP contribution in [0.4, 0.5) is 0 Å². The molecule has 0 amide bonds. The molecular weight excluding hydrogens is 459 g/mol. The van der Waals surface area contributed by atoms with Crippen molar-refractivity contribution in [3.63, 3.8) is 0 Å². The summed E-state index contributed by atoms with van der Waals surface area (Å²) in [6.07, 6.45) is 16.1. The van der Waals surface area contributed by atoms with Crippen LogP contribution in [0.5, 0.6) is 5.75 Å². The molecule has 1 nitrogen and oxygen atoms in total. The summed E-state index contributed by atoms with van der Waals surface area (Å²) in [5.41, 5.74) is 3.11. The number of ether oxygens (including phenoxy) is 1. The molecule has 0 bridgehead atoms. The van der Waals surface area contributed by atoms with Crippen LogP contribution in [0, 0.1) is 0 Å². The van der Waals surface area contributed by atoms with E-state index < -0.39 is 0 Å². The van der Waals surface area contributed by atoms with Crippen molar-refractivity contribution in [3.8, 4) is 5.75 Å². The lowest BCUT2D eigenvalue weighted by Gasteiger charge is -2.26. The fourth-order valence-corrected chi connectivity index (χ4v) is 5.90. The molecule has 1 aromatic rings. The average Bonchev–Trinajstić information content (AvgIpc) is 2.71. The zero-order valence-electron chi connectivity index (χ0n) is 17.6. The van der Waals surface area contributed by atoms with Gasteiger partial charge in [-0.05, 0) is 67.2 Å². The minimum atomic E-state index is 0.720. The molecule has 1 aliphatic carbocycles. The Kier molecular flexibility index (Phi) is 12.1. The number of rotatable bonds is 13. The van der Waals surface area contributed by atoms with Crippen molar-refractivity contribution in [2.45, 2.75) is 109 Å². The van der Waals surface area contributed by atoms with E-state index in [9.17, 15) is 0 Å². The molecule has 1 saturated carbocycles. The summed E-state index contributed by atoms with van der Waals surface area (Å²) in [4.78, 5) is 0. The van der Waals surface area contributed by atoms with E-state index in [1.807, 2.05) is 0 Å². The second kappa shape index (κ2) is 14.0.